The zero-order chi connectivity index (χ0) is 23.5. The highest BCUT2D eigenvalue weighted by Crippen LogP contribution is 2.22. The molecule has 1 fully saturated rings. The SMILES string of the molecule is Cc1cc(C#N)ccc1-c1c[nH]n(-c2ccc(C(=O)N3CCC(CN(C)C)CC3)cn2)c1=O. The molecule has 2 aromatic heterocycles. The highest BCUT2D eigenvalue weighted by atomic mass is 16.2. The first kappa shape index (κ1) is 22.5. The number of hydrogen-bond acceptors (Lipinski definition) is 5. The maximum Gasteiger partial charge on any atom is 0.280 e. The Morgan fingerprint density at radius 3 is 2.58 bits per heavy atom. The Hall–Kier alpha value is -3.70. The molecule has 8 nitrogen and oxygen atoms in total. The molecule has 3 aromatic rings. The molecular formula is C25H28N6O2. The van der Waals surface area contributed by atoms with E-state index in [9.17, 15) is 9.59 Å². The summed E-state index contributed by atoms with van der Waals surface area (Å²) in [4.78, 5) is 34.3. The van der Waals surface area contributed by atoms with Crippen LogP contribution in [0.5, 0.6) is 0 Å². The van der Waals surface area contributed by atoms with Crippen LogP contribution in [-0.2, 0) is 0 Å². The molecule has 0 spiro atoms. The number of aromatic nitrogens is 3. The van der Waals surface area contributed by atoms with Gasteiger partial charge in [-0.05, 0) is 75.2 Å². The fourth-order valence-electron chi connectivity index (χ4n) is 4.43. The van der Waals surface area contributed by atoms with Crippen molar-refractivity contribution in [1.82, 2.24) is 24.6 Å². The molecule has 33 heavy (non-hydrogen) atoms. The molecule has 170 valence electrons. The Labute approximate surface area is 193 Å². The van der Waals surface area contributed by atoms with Gasteiger partial charge in [0.25, 0.3) is 11.5 Å². The summed E-state index contributed by atoms with van der Waals surface area (Å²) in [6, 6.07) is 10.7. The van der Waals surface area contributed by atoms with Crippen molar-refractivity contribution >= 4 is 5.91 Å². The zero-order valence-electron chi connectivity index (χ0n) is 19.2. The Bertz CT molecular complexity index is 1240. The molecule has 1 aromatic carbocycles. The number of likely N-dealkylation sites (tertiary alicyclic amines) is 1. The van der Waals surface area contributed by atoms with Gasteiger partial charge >= 0.3 is 0 Å². The standard InChI is InChI=1S/C25H28N6O2/c1-17-12-19(13-26)4-6-21(17)22-15-28-31(25(22)33)23-7-5-20(14-27-23)24(32)30-10-8-18(9-11-30)16-29(2)3/h4-7,12,14-15,18,28H,8-11,16H2,1-3H3. The van der Waals surface area contributed by atoms with Gasteiger partial charge in [-0.1, -0.05) is 6.07 Å². The number of H-pyrrole nitrogens is 1. The lowest BCUT2D eigenvalue weighted by Gasteiger charge is -2.33. The highest BCUT2D eigenvalue weighted by Gasteiger charge is 2.24. The molecule has 8 heteroatoms. The lowest BCUT2D eigenvalue weighted by molar-refractivity contribution is 0.0677. The van der Waals surface area contributed by atoms with Gasteiger partial charge < -0.3 is 9.80 Å². The van der Waals surface area contributed by atoms with Crippen LogP contribution in [0.3, 0.4) is 0 Å². The minimum absolute atomic E-state index is 0.0231. The molecule has 0 saturated carbocycles. The van der Waals surface area contributed by atoms with Crippen LogP contribution in [-0.4, -0.2) is 64.2 Å². The number of carbonyl (C=O) groups excluding carboxylic acids is 1. The highest BCUT2D eigenvalue weighted by molar-refractivity contribution is 5.94. The van der Waals surface area contributed by atoms with E-state index in [4.69, 9.17) is 5.26 Å². The predicted molar refractivity (Wildman–Crippen MR) is 126 cm³/mol. The second-order valence-corrected chi connectivity index (χ2v) is 8.87. The third kappa shape index (κ3) is 4.73. The van der Waals surface area contributed by atoms with Gasteiger partial charge in [0.05, 0.1) is 22.8 Å². The Morgan fingerprint density at radius 2 is 1.97 bits per heavy atom. The van der Waals surface area contributed by atoms with Gasteiger partial charge in [-0.25, -0.2) is 9.67 Å². The van der Waals surface area contributed by atoms with Crippen LogP contribution in [0.15, 0.2) is 47.5 Å². The van der Waals surface area contributed by atoms with Gasteiger partial charge in [0.15, 0.2) is 5.82 Å². The molecule has 3 heterocycles. The molecular weight excluding hydrogens is 416 g/mol. The van der Waals surface area contributed by atoms with Gasteiger partial charge in [-0.15, -0.1) is 0 Å². The van der Waals surface area contributed by atoms with E-state index in [-0.39, 0.29) is 11.5 Å². The Kier molecular flexibility index (Phi) is 6.43. The van der Waals surface area contributed by atoms with Gasteiger partial charge in [0.1, 0.15) is 0 Å². The van der Waals surface area contributed by atoms with Crippen molar-refractivity contribution in [2.45, 2.75) is 19.8 Å². The van der Waals surface area contributed by atoms with Crippen molar-refractivity contribution in [3.05, 3.63) is 69.8 Å². The van der Waals surface area contributed by atoms with E-state index >= 15 is 0 Å². The second-order valence-electron chi connectivity index (χ2n) is 8.87. The predicted octanol–water partition coefficient (Wildman–Crippen LogP) is 2.82. The van der Waals surface area contributed by atoms with Crippen molar-refractivity contribution in [1.29, 1.82) is 5.26 Å². The first-order valence-corrected chi connectivity index (χ1v) is 11.1. The van der Waals surface area contributed by atoms with Gasteiger partial charge in [-0.3, -0.25) is 14.7 Å². The molecule has 0 radical (unpaired) electrons. The summed E-state index contributed by atoms with van der Waals surface area (Å²) in [5, 5.41) is 12.0. The molecule has 1 aliphatic rings. The van der Waals surface area contributed by atoms with E-state index in [1.165, 1.54) is 10.9 Å². The van der Waals surface area contributed by atoms with Crippen molar-refractivity contribution in [3.8, 4) is 23.0 Å². The first-order chi connectivity index (χ1) is 15.9. The van der Waals surface area contributed by atoms with Crippen molar-refractivity contribution < 1.29 is 4.79 Å². The molecule has 4 rings (SSSR count). The van der Waals surface area contributed by atoms with Crippen LogP contribution in [0.25, 0.3) is 16.9 Å². The van der Waals surface area contributed by atoms with E-state index in [1.807, 2.05) is 11.8 Å². The van der Waals surface area contributed by atoms with Crippen molar-refractivity contribution in [2.75, 3.05) is 33.7 Å². The molecule has 0 bridgehead atoms. The first-order valence-electron chi connectivity index (χ1n) is 11.1. The number of carbonyl (C=O) groups is 1. The molecule has 0 unspecified atom stereocenters. The molecule has 1 saturated heterocycles. The third-order valence-corrected chi connectivity index (χ3v) is 6.17. The van der Waals surface area contributed by atoms with Crippen LogP contribution in [0.1, 0.15) is 34.3 Å². The van der Waals surface area contributed by atoms with Crippen LogP contribution in [0.4, 0.5) is 0 Å². The van der Waals surface area contributed by atoms with Crippen LogP contribution >= 0.6 is 0 Å². The number of nitrogens with one attached hydrogen (secondary N) is 1. The van der Waals surface area contributed by atoms with E-state index in [0.29, 0.717) is 28.4 Å². The number of benzene rings is 1. The van der Waals surface area contributed by atoms with Crippen LogP contribution in [0.2, 0.25) is 0 Å². The van der Waals surface area contributed by atoms with Crippen LogP contribution < -0.4 is 5.56 Å². The summed E-state index contributed by atoms with van der Waals surface area (Å²) in [5.74, 6) is 1.02. The fraction of sp³-hybridized carbons (Fsp3) is 0.360. The molecule has 1 aliphatic heterocycles. The van der Waals surface area contributed by atoms with E-state index < -0.39 is 0 Å². The lowest BCUT2D eigenvalue weighted by Crippen LogP contribution is -2.40. The van der Waals surface area contributed by atoms with Gasteiger partial charge in [0, 0.05) is 32.0 Å². The lowest BCUT2D eigenvalue weighted by atomic mass is 9.96. The Balaban J connectivity index is 1.49. The average Bonchev–Trinajstić information content (AvgIpc) is 3.19. The van der Waals surface area contributed by atoms with E-state index in [0.717, 1.165) is 43.6 Å². The summed E-state index contributed by atoms with van der Waals surface area (Å²) in [7, 11) is 4.16. The maximum atomic E-state index is 13.0. The minimum Gasteiger partial charge on any atom is -0.339 e. The number of nitriles is 1. The number of pyridine rings is 1. The number of amides is 1. The maximum absolute atomic E-state index is 13.0. The van der Waals surface area contributed by atoms with Gasteiger partial charge in [-0.2, -0.15) is 5.26 Å². The summed E-state index contributed by atoms with van der Waals surface area (Å²) in [6.07, 6.45) is 5.18. The summed E-state index contributed by atoms with van der Waals surface area (Å²) >= 11 is 0. The minimum atomic E-state index is -0.239. The number of hydrogen-bond donors (Lipinski definition) is 1. The number of aromatic amines is 1. The smallest absolute Gasteiger partial charge is 0.280 e. The summed E-state index contributed by atoms with van der Waals surface area (Å²) in [5.41, 5.74) is 2.94. The molecule has 0 aliphatic carbocycles. The average molecular weight is 445 g/mol. The van der Waals surface area contributed by atoms with Crippen molar-refractivity contribution in [2.24, 2.45) is 5.92 Å². The molecule has 0 atom stereocenters. The molecule has 1 amide bonds. The monoisotopic (exact) mass is 444 g/mol. The van der Waals surface area contributed by atoms with E-state index in [2.05, 4.69) is 35.1 Å². The molecule has 1 N–H and O–H groups in total. The summed E-state index contributed by atoms with van der Waals surface area (Å²) in [6.45, 7) is 4.42. The third-order valence-electron chi connectivity index (χ3n) is 6.17. The summed E-state index contributed by atoms with van der Waals surface area (Å²) < 4.78 is 1.36. The fourth-order valence-corrected chi connectivity index (χ4v) is 4.43. The second kappa shape index (κ2) is 9.43. The number of rotatable bonds is 5. The van der Waals surface area contributed by atoms with E-state index in [1.54, 1.807) is 36.5 Å². The topological polar surface area (TPSA) is 98.0 Å². The zero-order valence-corrected chi connectivity index (χ0v) is 19.2. The number of aryl methyl sites for hydroxylation is 1. The normalized spacial score (nSPS) is 14.5. The van der Waals surface area contributed by atoms with Crippen LogP contribution in [0, 0.1) is 24.2 Å². The number of piperidine rings is 1. The quantitative estimate of drug-likeness (QED) is 0.653. The van der Waals surface area contributed by atoms with Gasteiger partial charge in [0.2, 0.25) is 0 Å². The van der Waals surface area contributed by atoms with Crippen molar-refractivity contribution in [3.63, 3.8) is 0 Å². The largest absolute Gasteiger partial charge is 0.339 e. The number of nitrogens with zero attached hydrogens (tertiary/aromatic N) is 5. The Morgan fingerprint density at radius 1 is 1.21 bits per heavy atom.